The van der Waals surface area contributed by atoms with Gasteiger partial charge >= 0.3 is 6.18 Å². The van der Waals surface area contributed by atoms with Gasteiger partial charge in [0, 0.05) is 5.69 Å². The zero-order valence-corrected chi connectivity index (χ0v) is 15.7. The van der Waals surface area contributed by atoms with Crippen LogP contribution in [0.5, 0.6) is 0 Å². The topological polar surface area (TPSA) is 59.8 Å². The van der Waals surface area contributed by atoms with Crippen molar-refractivity contribution < 1.29 is 18.0 Å². The summed E-state index contributed by atoms with van der Waals surface area (Å²) in [6.45, 7) is 2.56. The number of rotatable bonds is 3. The Hall–Kier alpha value is -2.32. The van der Waals surface area contributed by atoms with Gasteiger partial charge in [0.25, 0.3) is 0 Å². The minimum absolute atomic E-state index is 0.00725. The fourth-order valence-electron chi connectivity index (χ4n) is 2.74. The number of benzene rings is 1. The first-order chi connectivity index (χ1) is 12.6. The second kappa shape index (κ2) is 7.01. The van der Waals surface area contributed by atoms with Crippen LogP contribution < -0.4 is 5.32 Å². The Morgan fingerprint density at radius 2 is 1.96 bits per heavy atom. The van der Waals surface area contributed by atoms with E-state index in [1.165, 1.54) is 13.8 Å². The number of nitrogens with zero attached hydrogens (tertiary/aromatic N) is 3. The van der Waals surface area contributed by atoms with E-state index in [0.29, 0.717) is 5.69 Å². The van der Waals surface area contributed by atoms with Crippen LogP contribution in [0.2, 0.25) is 10.0 Å². The van der Waals surface area contributed by atoms with Gasteiger partial charge < -0.3 is 5.32 Å². The highest BCUT2D eigenvalue weighted by molar-refractivity contribution is 6.43. The van der Waals surface area contributed by atoms with Crippen LogP contribution in [0.3, 0.4) is 0 Å². The number of hydrogen-bond acceptors (Lipinski definition) is 3. The van der Waals surface area contributed by atoms with Gasteiger partial charge in [-0.2, -0.15) is 18.3 Å². The fourth-order valence-corrected chi connectivity index (χ4v) is 3.09. The van der Waals surface area contributed by atoms with E-state index < -0.39 is 17.6 Å². The van der Waals surface area contributed by atoms with Crippen molar-refractivity contribution in [1.82, 2.24) is 14.8 Å². The number of pyridine rings is 1. The van der Waals surface area contributed by atoms with Crippen molar-refractivity contribution in [3.8, 4) is 0 Å². The number of nitrogens with one attached hydrogen (secondary N) is 1. The van der Waals surface area contributed by atoms with Crippen LogP contribution in [-0.4, -0.2) is 20.7 Å². The third-order valence-corrected chi connectivity index (χ3v) is 4.65. The van der Waals surface area contributed by atoms with Crippen LogP contribution in [0.1, 0.15) is 17.0 Å². The molecular formula is C17H13Cl2F3N4O. The third-order valence-electron chi connectivity index (χ3n) is 3.83. The van der Waals surface area contributed by atoms with Crippen molar-refractivity contribution in [3.05, 3.63) is 51.3 Å². The van der Waals surface area contributed by atoms with Gasteiger partial charge in [-0.3, -0.25) is 4.79 Å². The number of carbonyl (C=O) groups is 1. The Labute approximate surface area is 162 Å². The summed E-state index contributed by atoms with van der Waals surface area (Å²) < 4.78 is 41.2. The quantitative estimate of drug-likeness (QED) is 0.652. The van der Waals surface area contributed by atoms with Crippen molar-refractivity contribution in [2.45, 2.75) is 26.6 Å². The number of aromatic nitrogens is 3. The summed E-state index contributed by atoms with van der Waals surface area (Å²) >= 11 is 11.9. The standard InChI is InChI=1S/C17H13Cl2F3N4O/c1-8-6-10(17(20,21)22)14-9(2)25-26(16(14)23-8)7-13(27)24-12-5-3-4-11(18)15(12)19/h3-6H,7H2,1-2H3,(H,24,27). The highest BCUT2D eigenvalue weighted by Gasteiger charge is 2.35. The molecule has 3 rings (SSSR count). The van der Waals surface area contributed by atoms with Gasteiger partial charge in [-0.15, -0.1) is 0 Å². The molecule has 0 aliphatic carbocycles. The van der Waals surface area contributed by atoms with Crippen LogP contribution in [0.25, 0.3) is 11.0 Å². The van der Waals surface area contributed by atoms with Crippen molar-refractivity contribution in [2.75, 3.05) is 5.32 Å². The zero-order chi connectivity index (χ0) is 19.9. The first-order valence-electron chi connectivity index (χ1n) is 7.73. The number of anilines is 1. The summed E-state index contributed by atoms with van der Waals surface area (Å²) in [4.78, 5) is 16.5. The van der Waals surface area contributed by atoms with Gasteiger partial charge in [-0.25, -0.2) is 9.67 Å². The van der Waals surface area contributed by atoms with Crippen molar-refractivity contribution >= 4 is 45.8 Å². The largest absolute Gasteiger partial charge is 0.417 e. The molecule has 3 aromatic rings. The van der Waals surface area contributed by atoms with E-state index >= 15 is 0 Å². The van der Waals surface area contributed by atoms with Gasteiger partial charge in [0.15, 0.2) is 5.65 Å². The molecule has 10 heteroatoms. The number of hydrogen-bond donors (Lipinski definition) is 1. The molecule has 0 saturated heterocycles. The maximum absolute atomic E-state index is 13.3. The predicted molar refractivity (Wildman–Crippen MR) is 97.1 cm³/mol. The summed E-state index contributed by atoms with van der Waals surface area (Å²) in [5, 5.41) is 6.94. The average molecular weight is 417 g/mol. The van der Waals surface area contributed by atoms with Gasteiger partial charge in [-0.1, -0.05) is 29.3 Å². The average Bonchev–Trinajstić information content (AvgIpc) is 2.86. The minimum atomic E-state index is -4.55. The molecule has 0 unspecified atom stereocenters. The van der Waals surface area contributed by atoms with E-state index in [0.717, 1.165) is 10.7 Å². The summed E-state index contributed by atoms with van der Waals surface area (Å²) in [5.41, 5.74) is -0.227. The molecule has 0 fully saturated rings. The molecule has 0 aliphatic heterocycles. The maximum Gasteiger partial charge on any atom is 0.417 e. The Balaban J connectivity index is 1.97. The molecule has 0 aliphatic rings. The highest BCUT2D eigenvalue weighted by Crippen LogP contribution is 2.36. The molecule has 0 bridgehead atoms. The predicted octanol–water partition coefficient (Wildman–Crippen LogP) is 5.01. The normalized spacial score (nSPS) is 11.8. The molecule has 0 spiro atoms. The van der Waals surface area contributed by atoms with Gasteiger partial charge in [-0.05, 0) is 32.0 Å². The second-order valence-electron chi connectivity index (χ2n) is 5.90. The summed E-state index contributed by atoms with van der Waals surface area (Å²) in [5.74, 6) is -0.527. The number of alkyl halides is 3. The number of halogens is 5. The summed E-state index contributed by atoms with van der Waals surface area (Å²) in [6.07, 6.45) is -4.55. The Morgan fingerprint density at radius 1 is 1.26 bits per heavy atom. The van der Waals surface area contributed by atoms with E-state index in [1.54, 1.807) is 18.2 Å². The lowest BCUT2D eigenvalue weighted by molar-refractivity contribution is -0.136. The molecule has 2 aromatic heterocycles. The van der Waals surface area contributed by atoms with Crippen molar-refractivity contribution in [3.63, 3.8) is 0 Å². The van der Waals surface area contributed by atoms with Crippen LogP contribution in [0.4, 0.5) is 18.9 Å². The Morgan fingerprint density at radius 3 is 2.63 bits per heavy atom. The lowest BCUT2D eigenvalue weighted by atomic mass is 10.1. The van der Waals surface area contributed by atoms with E-state index in [9.17, 15) is 18.0 Å². The highest BCUT2D eigenvalue weighted by atomic mass is 35.5. The van der Waals surface area contributed by atoms with Crippen molar-refractivity contribution in [2.24, 2.45) is 0 Å². The van der Waals surface area contributed by atoms with Crippen LogP contribution >= 0.6 is 23.2 Å². The molecule has 2 heterocycles. The molecule has 0 radical (unpaired) electrons. The number of amides is 1. The Kier molecular flexibility index (Phi) is 5.05. The van der Waals surface area contributed by atoms with Crippen LogP contribution in [-0.2, 0) is 17.5 Å². The maximum atomic E-state index is 13.3. The molecule has 1 amide bonds. The van der Waals surface area contributed by atoms with Gasteiger partial charge in [0.1, 0.15) is 6.54 Å². The minimum Gasteiger partial charge on any atom is -0.323 e. The zero-order valence-electron chi connectivity index (χ0n) is 14.2. The van der Waals surface area contributed by atoms with E-state index in [2.05, 4.69) is 15.4 Å². The van der Waals surface area contributed by atoms with E-state index in [-0.39, 0.29) is 39.0 Å². The lowest BCUT2D eigenvalue weighted by Crippen LogP contribution is -2.20. The van der Waals surface area contributed by atoms with E-state index in [1.807, 2.05) is 0 Å². The van der Waals surface area contributed by atoms with Crippen LogP contribution in [0.15, 0.2) is 24.3 Å². The van der Waals surface area contributed by atoms with E-state index in [4.69, 9.17) is 23.2 Å². The second-order valence-corrected chi connectivity index (χ2v) is 6.69. The molecule has 27 heavy (non-hydrogen) atoms. The third kappa shape index (κ3) is 3.86. The number of fused-ring (bicyclic) bond motifs is 1. The molecule has 1 N–H and O–H groups in total. The lowest BCUT2D eigenvalue weighted by Gasteiger charge is -2.10. The summed E-state index contributed by atoms with van der Waals surface area (Å²) in [7, 11) is 0. The SMILES string of the molecule is Cc1cc(C(F)(F)F)c2c(C)nn(CC(=O)Nc3cccc(Cl)c3Cl)c2n1. The van der Waals surface area contributed by atoms with Gasteiger partial charge in [0.05, 0.1) is 32.4 Å². The molecule has 0 atom stereocenters. The molecular weight excluding hydrogens is 404 g/mol. The monoisotopic (exact) mass is 416 g/mol. The molecule has 1 aromatic carbocycles. The van der Waals surface area contributed by atoms with Gasteiger partial charge in [0.2, 0.25) is 5.91 Å². The molecule has 142 valence electrons. The first-order valence-corrected chi connectivity index (χ1v) is 8.49. The fraction of sp³-hybridized carbons (Fsp3) is 0.235. The van der Waals surface area contributed by atoms with Crippen molar-refractivity contribution in [1.29, 1.82) is 0 Å². The first kappa shape index (κ1) is 19.4. The molecule has 5 nitrogen and oxygen atoms in total. The number of aryl methyl sites for hydroxylation is 2. The smallest absolute Gasteiger partial charge is 0.323 e. The summed E-state index contributed by atoms with van der Waals surface area (Å²) in [6, 6.07) is 5.70. The molecule has 0 saturated carbocycles. The Bertz CT molecular complexity index is 1050. The number of carbonyl (C=O) groups excluding carboxylic acids is 1. The van der Waals surface area contributed by atoms with Crippen LogP contribution in [0, 0.1) is 13.8 Å².